The molecule has 5 heteroatoms. The molecule has 0 heterocycles. The summed E-state index contributed by atoms with van der Waals surface area (Å²) in [6, 6.07) is 0. The SMILES string of the molecule is O=C(O/C=C\Cl)C(Cl)Cl. The molecule has 0 spiro atoms. The quantitative estimate of drug-likeness (QED) is 0.377. The number of carbonyl (C=O) groups is 1. The summed E-state index contributed by atoms with van der Waals surface area (Å²) in [6.07, 6.45) is 0.988. The molecular formula is C4H3Cl3O2. The molecule has 0 aromatic rings. The molecule has 0 N–H and O–H groups in total. The number of carbonyl (C=O) groups excluding carboxylic acids is 1. The molecule has 0 saturated carbocycles. The summed E-state index contributed by atoms with van der Waals surface area (Å²) in [7, 11) is 0. The van der Waals surface area contributed by atoms with Crippen molar-refractivity contribution in [1.82, 2.24) is 0 Å². The first kappa shape index (κ1) is 9.08. The van der Waals surface area contributed by atoms with Gasteiger partial charge in [0, 0.05) is 5.54 Å². The number of rotatable bonds is 2. The first-order valence-corrected chi connectivity index (χ1v) is 3.23. The third-order valence-electron chi connectivity index (χ3n) is 0.414. The molecule has 0 fully saturated rings. The Morgan fingerprint density at radius 1 is 1.56 bits per heavy atom. The van der Waals surface area contributed by atoms with E-state index in [0.717, 1.165) is 11.8 Å². The number of hydrogen-bond donors (Lipinski definition) is 0. The minimum atomic E-state index is -1.15. The highest BCUT2D eigenvalue weighted by Crippen LogP contribution is 2.03. The maximum atomic E-state index is 10.3. The minimum absolute atomic E-state index is 0.741. The van der Waals surface area contributed by atoms with Gasteiger partial charge in [0.15, 0.2) is 0 Å². The molecule has 0 aromatic carbocycles. The normalized spacial score (nSPS) is 10.7. The molecular weight excluding hydrogens is 186 g/mol. The second kappa shape index (κ2) is 4.91. The summed E-state index contributed by atoms with van der Waals surface area (Å²) in [5.41, 5.74) is 1.04. The Morgan fingerprint density at radius 3 is 2.44 bits per heavy atom. The highest BCUT2D eigenvalue weighted by Gasteiger charge is 2.10. The van der Waals surface area contributed by atoms with Crippen LogP contribution in [0, 0.1) is 0 Å². The summed E-state index contributed by atoms with van der Waals surface area (Å²) in [5, 5.41) is 0. The average Bonchev–Trinajstić information content (AvgIpc) is 1.82. The molecule has 0 aromatic heterocycles. The number of esters is 1. The van der Waals surface area contributed by atoms with Gasteiger partial charge >= 0.3 is 5.97 Å². The van der Waals surface area contributed by atoms with Crippen LogP contribution in [0.4, 0.5) is 0 Å². The fraction of sp³-hybridized carbons (Fsp3) is 0.250. The van der Waals surface area contributed by atoms with Crippen LogP contribution in [0.2, 0.25) is 0 Å². The van der Waals surface area contributed by atoms with Crippen LogP contribution in [0.5, 0.6) is 0 Å². The Bertz CT molecular complexity index is 121. The smallest absolute Gasteiger partial charge is 0.344 e. The van der Waals surface area contributed by atoms with E-state index in [1.54, 1.807) is 0 Å². The van der Waals surface area contributed by atoms with Crippen LogP contribution in [0.1, 0.15) is 0 Å². The van der Waals surface area contributed by atoms with E-state index in [-0.39, 0.29) is 0 Å². The van der Waals surface area contributed by atoms with Crippen LogP contribution in [0.15, 0.2) is 11.8 Å². The highest BCUT2D eigenvalue weighted by atomic mass is 35.5. The number of ether oxygens (including phenoxy) is 1. The van der Waals surface area contributed by atoms with Crippen molar-refractivity contribution >= 4 is 40.8 Å². The van der Waals surface area contributed by atoms with Crippen LogP contribution < -0.4 is 0 Å². The fourth-order valence-corrected chi connectivity index (χ4v) is 0.299. The first-order chi connectivity index (χ1) is 4.18. The second-order valence-corrected chi connectivity index (χ2v) is 2.35. The van der Waals surface area contributed by atoms with Gasteiger partial charge in [-0.15, -0.1) is 0 Å². The number of alkyl halides is 2. The van der Waals surface area contributed by atoms with Gasteiger partial charge < -0.3 is 4.74 Å². The Balaban J connectivity index is 3.51. The zero-order chi connectivity index (χ0) is 7.28. The molecule has 0 bridgehead atoms. The molecule has 0 unspecified atom stereocenters. The molecule has 0 aliphatic heterocycles. The molecule has 0 radical (unpaired) electrons. The second-order valence-electron chi connectivity index (χ2n) is 1.000. The van der Waals surface area contributed by atoms with Crippen molar-refractivity contribution in [3.8, 4) is 0 Å². The predicted octanol–water partition coefficient (Wildman–Crippen LogP) is 2.04. The molecule has 0 atom stereocenters. The van der Waals surface area contributed by atoms with Gasteiger partial charge in [-0.25, -0.2) is 4.79 Å². The van der Waals surface area contributed by atoms with Crippen LogP contribution >= 0.6 is 34.8 Å². The zero-order valence-corrected chi connectivity index (χ0v) is 6.45. The zero-order valence-electron chi connectivity index (χ0n) is 4.18. The topological polar surface area (TPSA) is 26.3 Å². The van der Waals surface area contributed by atoms with E-state index in [4.69, 9.17) is 34.8 Å². The minimum Gasteiger partial charge on any atom is -0.432 e. The molecule has 0 saturated heterocycles. The number of hydrogen-bond acceptors (Lipinski definition) is 2. The van der Waals surface area contributed by atoms with E-state index < -0.39 is 10.8 Å². The molecule has 0 aliphatic rings. The Kier molecular flexibility index (Phi) is 4.96. The van der Waals surface area contributed by atoms with Gasteiger partial charge in [-0.05, 0) is 0 Å². The average molecular weight is 189 g/mol. The van der Waals surface area contributed by atoms with Crippen molar-refractivity contribution in [1.29, 1.82) is 0 Å². The molecule has 0 rings (SSSR count). The van der Waals surface area contributed by atoms with Crippen LogP contribution in [-0.2, 0) is 9.53 Å². The molecule has 0 amide bonds. The summed E-state index contributed by atoms with van der Waals surface area (Å²) < 4.78 is 4.24. The van der Waals surface area contributed by atoms with E-state index >= 15 is 0 Å². The van der Waals surface area contributed by atoms with E-state index in [9.17, 15) is 4.79 Å². The van der Waals surface area contributed by atoms with Crippen molar-refractivity contribution in [2.75, 3.05) is 0 Å². The molecule has 2 nitrogen and oxygen atoms in total. The predicted molar refractivity (Wildman–Crippen MR) is 36.6 cm³/mol. The lowest BCUT2D eigenvalue weighted by Gasteiger charge is -1.95. The van der Waals surface area contributed by atoms with E-state index in [1.807, 2.05) is 0 Å². The lowest BCUT2D eigenvalue weighted by molar-refractivity contribution is -0.135. The standard InChI is InChI=1S/C4H3Cl3O2/c5-1-2-9-4(8)3(6)7/h1-3H/b2-1-. The third kappa shape index (κ3) is 4.58. The van der Waals surface area contributed by atoms with E-state index in [1.165, 1.54) is 0 Å². The lowest BCUT2D eigenvalue weighted by Crippen LogP contribution is -2.08. The summed E-state index contributed by atoms with van der Waals surface area (Å²) in [5.74, 6) is -0.741. The Labute approximate surface area is 67.3 Å². The van der Waals surface area contributed by atoms with Crippen molar-refractivity contribution in [2.24, 2.45) is 0 Å². The van der Waals surface area contributed by atoms with Crippen LogP contribution in [0.25, 0.3) is 0 Å². The van der Waals surface area contributed by atoms with Crippen LogP contribution in [-0.4, -0.2) is 10.8 Å². The fourth-order valence-electron chi connectivity index (χ4n) is 0.144. The highest BCUT2D eigenvalue weighted by molar-refractivity contribution is 6.52. The summed E-state index contributed by atoms with van der Waals surface area (Å²) in [6.45, 7) is 0. The van der Waals surface area contributed by atoms with Gasteiger partial charge in [0.25, 0.3) is 0 Å². The maximum Gasteiger partial charge on any atom is 0.344 e. The van der Waals surface area contributed by atoms with Crippen molar-refractivity contribution in [3.05, 3.63) is 11.8 Å². The van der Waals surface area contributed by atoms with Gasteiger partial charge in [0.1, 0.15) is 6.26 Å². The monoisotopic (exact) mass is 188 g/mol. The third-order valence-corrected chi connectivity index (χ3v) is 0.873. The van der Waals surface area contributed by atoms with Crippen molar-refractivity contribution in [2.45, 2.75) is 4.84 Å². The summed E-state index contributed by atoms with van der Waals surface area (Å²) in [4.78, 5) is 9.15. The maximum absolute atomic E-state index is 10.3. The van der Waals surface area contributed by atoms with Gasteiger partial charge in [-0.2, -0.15) is 0 Å². The van der Waals surface area contributed by atoms with Gasteiger partial charge in [-0.3, -0.25) is 0 Å². The number of halogens is 3. The van der Waals surface area contributed by atoms with E-state index in [2.05, 4.69) is 4.74 Å². The molecule has 9 heavy (non-hydrogen) atoms. The van der Waals surface area contributed by atoms with E-state index in [0.29, 0.717) is 0 Å². The molecule has 52 valence electrons. The lowest BCUT2D eigenvalue weighted by atomic mass is 10.8. The van der Waals surface area contributed by atoms with Crippen molar-refractivity contribution < 1.29 is 9.53 Å². The Morgan fingerprint density at radius 2 is 2.11 bits per heavy atom. The Hall–Kier alpha value is 0.0800. The van der Waals surface area contributed by atoms with Gasteiger partial charge in [0.2, 0.25) is 4.84 Å². The van der Waals surface area contributed by atoms with Crippen molar-refractivity contribution in [3.63, 3.8) is 0 Å². The first-order valence-electron chi connectivity index (χ1n) is 1.92. The molecule has 0 aliphatic carbocycles. The van der Waals surface area contributed by atoms with Gasteiger partial charge in [-0.1, -0.05) is 34.8 Å². The largest absolute Gasteiger partial charge is 0.432 e. The van der Waals surface area contributed by atoms with Gasteiger partial charge in [0.05, 0.1) is 0 Å². The van der Waals surface area contributed by atoms with Crippen LogP contribution in [0.3, 0.4) is 0 Å². The summed E-state index contributed by atoms with van der Waals surface area (Å²) >= 11 is 15.2.